The van der Waals surface area contributed by atoms with Crippen LogP contribution in [0.5, 0.6) is 0 Å². The van der Waals surface area contributed by atoms with Gasteiger partial charge < -0.3 is 23.9 Å². The minimum atomic E-state index is -1.06. The fraction of sp³-hybridized carbons (Fsp3) is 0.417. The maximum absolute atomic E-state index is 12.9. The normalized spacial score (nSPS) is 23.6. The van der Waals surface area contributed by atoms with Crippen LogP contribution in [0.15, 0.2) is 48.5 Å². The van der Waals surface area contributed by atoms with Gasteiger partial charge in [0.25, 0.3) is 0 Å². The molecule has 1 amide bonds. The van der Waals surface area contributed by atoms with Crippen LogP contribution in [0.25, 0.3) is 21.8 Å². The molecule has 0 saturated carbocycles. The van der Waals surface area contributed by atoms with Crippen molar-refractivity contribution in [3.63, 3.8) is 0 Å². The van der Waals surface area contributed by atoms with Crippen LogP contribution in [-0.2, 0) is 25.7 Å². The van der Waals surface area contributed by atoms with E-state index in [4.69, 9.17) is 14.2 Å². The number of carbonyl (C=O) groups is 2. The number of carboxylic acids is 1. The van der Waals surface area contributed by atoms with E-state index in [0.717, 1.165) is 41.1 Å². The van der Waals surface area contributed by atoms with Crippen LogP contribution >= 0.6 is 0 Å². The molecule has 2 fully saturated rings. The molecule has 0 spiro atoms. The number of carboxylic acid groups (broad SMARTS) is 1. The number of aromatic nitrogens is 1. The summed E-state index contributed by atoms with van der Waals surface area (Å²) in [4.78, 5) is 26.0. The number of likely N-dealkylation sites (tertiary alicyclic amines) is 1. The zero-order valence-corrected chi connectivity index (χ0v) is 17.7. The van der Waals surface area contributed by atoms with Crippen molar-refractivity contribution in [3.8, 4) is 0 Å². The highest BCUT2D eigenvalue weighted by atomic mass is 16.7. The summed E-state index contributed by atoms with van der Waals surface area (Å²) in [5.41, 5.74) is 1.90. The van der Waals surface area contributed by atoms with Gasteiger partial charge in [0.05, 0.1) is 23.7 Å². The third-order valence-corrected chi connectivity index (χ3v) is 6.26. The van der Waals surface area contributed by atoms with Gasteiger partial charge in [0.2, 0.25) is 0 Å². The van der Waals surface area contributed by atoms with E-state index < -0.39 is 18.1 Å². The zero-order valence-electron chi connectivity index (χ0n) is 17.7. The first-order valence-corrected chi connectivity index (χ1v) is 11.0. The Balaban J connectivity index is 1.31. The molecule has 2 aliphatic rings. The topological polar surface area (TPSA) is 90.2 Å². The van der Waals surface area contributed by atoms with Crippen molar-refractivity contribution >= 4 is 33.9 Å². The smallest absolute Gasteiger partial charge is 0.412 e. The highest BCUT2D eigenvalue weighted by molar-refractivity contribution is 6.07. The van der Waals surface area contributed by atoms with E-state index in [9.17, 15) is 14.7 Å². The van der Waals surface area contributed by atoms with Crippen LogP contribution in [0.4, 0.5) is 4.79 Å². The highest BCUT2D eigenvalue weighted by Gasteiger charge is 2.42. The van der Waals surface area contributed by atoms with E-state index in [1.165, 1.54) is 4.90 Å². The lowest BCUT2D eigenvalue weighted by atomic mass is 10.2. The molecule has 2 aliphatic heterocycles. The Labute approximate surface area is 185 Å². The van der Waals surface area contributed by atoms with Crippen molar-refractivity contribution in [2.45, 2.75) is 50.8 Å². The summed E-state index contributed by atoms with van der Waals surface area (Å²) >= 11 is 0. The van der Waals surface area contributed by atoms with E-state index in [2.05, 4.69) is 0 Å². The largest absolute Gasteiger partial charge is 0.480 e. The van der Waals surface area contributed by atoms with Crippen molar-refractivity contribution in [3.05, 3.63) is 48.5 Å². The number of fused-ring (bicyclic) bond motifs is 3. The van der Waals surface area contributed by atoms with E-state index in [1.54, 1.807) is 0 Å². The van der Waals surface area contributed by atoms with E-state index in [1.807, 2.05) is 53.1 Å². The molecule has 5 rings (SSSR count). The SMILES string of the molecule is O=C(O)[C@@H]1C[C@@H](OC2CCCCO2)CN1C(=O)OCn1c2ccccc2c2ccccc21. The molecule has 2 saturated heterocycles. The minimum absolute atomic E-state index is 0.00699. The lowest BCUT2D eigenvalue weighted by molar-refractivity contribution is -0.185. The zero-order chi connectivity index (χ0) is 22.1. The Morgan fingerprint density at radius 1 is 1.03 bits per heavy atom. The molecule has 1 N–H and O–H groups in total. The predicted molar refractivity (Wildman–Crippen MR) is 117 cm³/mol. The third-order valence-electron chi connectivity index (χ3n) is 6.26. The van der Waals surface area contributed by atoms with Crippen LogP contribution in [0.1, 0.15) is 25.7 Å². The number of carbonyl (C=O) groups excluding carboxylic acids is 1. The molecule has 8 heteroatoms. The number of nitrogens with zero attached hydrogens (tertiary/aromatic N) is 2. The van der Waals surface area contributed by atoms with Gasteiger partial charge in [-0.3, -0.25) is 4.90 Å². The number of rotatable bonds is 5. The molecular formula is C24H26N2O6. The van der Waals surface area contributed by atoms with Gasteiger partial charge in [-0.1, -0.05) is 36.4 Å². The number of aliphatic carboxylic acids is 1. The maximum atomic E-state index is 12.9. The number of para-hydroxylation sites is 2. The number of hydrogen-bond donors (Lipinski definition) is 1. The van der Waals surface area contributed by atoms with Gasteiger partial charge in [-0.15, -0.1) is 0 Å². The second-order valence-corrected chi connectivity index (χ2v) is 8.30. The first kappa shape index (κ1) is 20.8. The van der Waals surface area contributed by atoms with Gasteiger partial charge in [-0.2, -0.15) is 0 Å². The minimum Gasteiger partial charge on any atom is -0.480 e. The Bertz CT molecular complexity index is 1080. The van der Waals surface area contributed by atoms with Gasteiger partial charge in [0.15, 0.2) is 13.0 Å². The fourth-order valence-electron chi connectivity index (χ4n) is 4.71. The van der Waals surface area contributed by atoms with Crippen LogP contribution in [0, 0.1) is 0 Å². The second kappa shape index (κ2) is 8.80. The van der Waals surface area contributed by atoms with Crippen molar-refractivity contribution in [2.24, 2.45) is 0 Å². The Hall–Kier alpha value is -3.10. The Morgan fingerprint density at radius 2 is 1.72 bits per heavy atom. The molecule has 8 nitrogen and oxygen atoms in total. The van der Waals surface area contributed by atoms with Crippen LogP contribution in [-0.4, -0.2) is 58.2 Å². The first-order chi connectivity index (χ1) is 15.6. The van der Waals surface area contributed by atoms with Gasteiger partial charge in [-0.25, -0.2) is 9.59 Å². The van der Waals surface area contributed by atoms with Gasteiger partial charge in [0, 0.05) is 23.8 Å². The molecule has 0 radical (unpaired) electrons. The molecule has 32 heavy (non-hydrogen) atoms. The number of hydrogen-bond acceptors (Lipinski definition) is 5. The summed E-state index contributed by atoms with van der Waals surface area (Å²) in [6, 6.07) is 14.9. The summed E-state index contributed by atoms with van der Waals surface area (Å²) in [5.74, 6) is -1.06. The first-order valence-electron chi connectivity index (χ1n) is 11.0. The summed E-state index contributed by atoms with van der Waals surface area (Å²) in [5, 5.41) is 11.8. The molecule has 1 aromatic heterocycles. The molecule has 3 aromatic rings. The van der Waals surface area contributed by atoms with Crippen molar-refractivity contribution in [1.82, 2.24) is 9.47 Å². The molecule has 0 aliphatic carbocycles. The molecule has 168 valence electrons. The number of amides is 1. The molecule has 2 aromatic carbocycles. The van der Waals surface area contributed by atoms with Gasteiger partial charge in [0.1, 0.15) is 6.04 Å². The predicted octanol–water partition coefficient (Wildman–Crippen LogP) is 3.96. The quantitative estimate of drug-likeness (QED) is 0.649. The van der Waals surface area contributed by atoms with E-state index >= 15 is 0 Å². The van der Waals surface area contributed by atoms with Crippen LogP contribution in [0.3, 0.4) is 0 Å². The second-order valence-electron chi connectivity index (χ2n) is 8.30. The average molecular weight is 438 g/mol. The van der Waals surface area contributed by atoms with E-state index in [-0.39, 0.29) is 32.1 Å². The number of benzene rings is 2. The summed E-state index contributed by atoms with van der Waals surface area (Å²) in [6.07, 6.45) is 1.64. The highest BCUT2D eigenvalue weighted by Crippen LogP contribution is 2.29. The summed E-state index contributed by atoms with van der Waals surface area (Å²) in [7, 11) is 0. The summed E-state index contributed by atoms with van der Waals surface area (Å²) in [6.45, 7) is 0.806. The molecule has 1 unspecified atom stereocenters. The lowest BCUT2D eigenvalue weighted by Crippen LogP contribution is -2.41. The Kier molecular flexibility index (Phi) is 5.71. The van der Waals surface area contributed by atoms with Gasteiger partial charge >= 0.3 is 12.1 Å². The molecule has 0 bridgehead atoms. The summed E-state index contributed by atoms with van der Waals surface area (Å²) < 4.78 is 19.1. The Morgan fingerprint density at radius 3 is 2.34 bits per heavy atom. The van der Waals surface area contributed by atoms with Crippen molar-refractivity contribution < 1.29 is 28.9 Å². The maximum Gasteiger partial charge on any atom is 0.412 e. The fourth-order valence-corrected chi connectivity index (χ4v) is 4.71. The van der Waals surface area contributed by atoms with Crippen molar-refractivity contribution in [2.75, 3.05) is 13.2 Å². The van der Waals surface area contributed by atoms with E-state index in [0.29, 0.717) is 6.61 Å². The molecule has 3 heterocycles. The number of ether oxygens (including phenoxy) is 3. The third kappa shape index (κ3) is 3.91. The van der Waals surface area contributed by atoms with Gasteiger partial charge in [-0.05, 0) is 31.4 Å². The van der Waals surface area contributed by atoms with Crippen LogP contribution in [0.2, 0.25) is 0 Å². The molecular weight excluding hydrogens is 412 g/mol. The van der Waals surface area contributed by atoms with Crippen molar-refractivity contribution in [1.29, 1.82) is 0 Å². The standard InChI is InChI=1S/C24H26N2O6/c27-23(28)21-13-16(32-22-11-5-6-12-30-22)14-25(21)24(29)31-15-26-19-9-3-1-7-17(19)18-8-2-4-10-20(18)26/h1-4,7-10,16,21-22H,5-6,11-15H2,(H,27,28)/t16-,21+,22?/m1/s1. The monoisotopic (exact) mass is 438 g/mol. The average Bonchev–Trinajstić information content (AvgIpc) is 3.38. The van der Waals surface area contributed by atoms with Crippen LogP contribution < -0.4 is 0 Å². The molecule has 3 atom stereocenters. The lowest BCUT2D eigenvalue weighted by Gasteiger charge is -2.25.